The number of hydrogen-bond acceptors (Lipinski definition) is 5. The molecule has 0 saturated carbocycles. The molecule has 0 spiro atoms. The second kappa shape index (κ2) is 9.09. The highest BCUT2D eigenvalue weighted by molar-refractivity contribution is 7.99. The predicted octanol–water partition coefficient (Wildman–Crippen LogP) is 4.20. The molecule has 150 valence electrons. The minimum atomic E-state index is -0.970. The summed E-state index contributed by atoms with van der Waals surface area (Å²) < 4.78 is 26.6. The molecule has 0 saturated heterocycles. The fraction of sp³-hybridized carbons (Fsp3) is 0.238. The molecule has 8 heteroatoms. The van der Waals surface area contributed by atoms with Crippen LogP contribution in [0.3, 0.4) is 0 Å². The number of hydrogen-bond donors (Lipinski definition) is 1. The van der Waals surface area contributed by atoms with Crippen LogP contribution in [0.25, 0.3) is 0 Å². The summed E-state index contributed by atoms with van der Waals surface area (Å²) in [4.78, 5) is 17.3. The van der Waals surface area contributed by atoms with Gasteiger partial charge in [-0.15, -0.1) is 10.2 Å². The maximum atomic E-state index is 13.5. The van der Waals surface area contributed by atoms with Crippen LogP contribution in [-0.2, 0) is 6.42 Å². The molecule has 0 fully saturated rings. The maximum Gasteiger partial charge on any atom is 0.272 e. The molecule has 0 unspecified atom stereocenters. The molecule has 1 heterocycles. The van der Waals surface area contributed by atoms with Crippen LogP contribution >= 0.6 is 11.8 Å². The zero-order valence-electron chi connectivity index (χ0n) is 16.3. The van der Waals surface area contributed by atoms with E-state index in [1.54, 1.807) is 6.92 Å². The summed E-state index contributed by atoms with van der Waals surface area (Å²) in [6.07, 6.45) is 0.682. The number of rotatable bonds is 6. The highest BCUT2D eigenvalue weighted by atomic mass is 32.2. The minimum Gasteiger partial charge on any atom is -0.350 e. The Bertz CT molecular complexity index is 1060. The van der Waals surface area contributed by atoms with Crippen LogP contribution in [0.1, 0.15) is 33.0 Å². The molecule has 2 aromatic carbocycles. The number of amides is 1. The van der Waals surface area contributed by atoms with Gasteiger partial charge in [0.05, 0.1) is 0 Å². The molecular weight excluding hydrogens is 394 g/mol. The number of benzene rings is 2. The lowest BCUT2D eigenvalue weighted by Crippen LogP contribution is -2.28. The zero-order valence-corrected chi connectivity index (χ0v) is 17.1. The summed E-state index contributed by atoms with van der Waals surface area (Å²) in [6, 6.07) is 9.67. The number of nitrogens with zero attached hydrogens (tertiary/aromatic N) is 3. The Morgan fingerprint density at radius 1 is 1.03 bits per heavy atom. The fourth-order valence-electron chi connectivity index (χ4n) is 2.79. The van der Waals surface area contributed by atoms with Gasteiger partial charge >= 0.3 is 0 Å². The lowest BCUT2D eigenvalue weighted by atomic mass is 10.0. The monoisotopic (exact) mass is 414 g/mol. The average molecular weight is 414 g/mol. The van der Waals surface area contributed by atoms with Crippen LogP contribution in [0.4, 0.5) is 8.78 Å². The van der Waals surface area contributed by atoms with Crippen LogP contribution in [-0.4, -0.2) is 27.6 Å². The van der Waals surface area contributed by atoms with Gasteiger partial charge in [-0.25, -0.2) is 13.8 Å². The third kappa shape index (κ3) is 5.35. The van der Waals surface area contributed by atoms with Crippen molar-refractivity contribution in [2.45, 2.75) is 37.1 Å². The molecule has 0 atom stereocenters. The first-order chi connectivity index (χ1) is 13.8. The summed E-state index contributed by atoms with van der Waals surface area (Å²) in [5.41, 5.74) is 3.63. The second-order valence-electron chi connectivity index (χ2n) is 6.63. The first-order valence-corrected chi connectivity index (χ1v) is 9.83. The molecule has 1 N–H and O–H groups in total. The van der Waals surface area contributed by atoms with Gasteiger partial charge < -0.3 is 5.32 Å². The van der Waals surface area contributed by atoms with Gasteiger partial charge in [-0.05, 0) is 56.5 Å². The largest absolute Gasteiger partial charge is 0.350 e. The van der Waals surface area contributed by atoms with E-state index in [0.29, 0.717) is 23.7 Å². The van der Waals surface area contributed by atoms with E-state index in [-0.39, 0.29) is 10.7 Å². The molecular formula is C21H20F2N4OS. The van der Waals surface area contributed by atoms with Crippen molar-refractivity contribution in [3.05, 3.63) is 76.2 Å². The van der Waals surface area contributed by atoms with Crippen molar-refractivity contribution in [2.24, 2.45) is 0 Å². The maximum absolute atomic E-state index is 13.5. The quantitative estimate of drug-likeness (QED) is 0.655. The normalized spacial score (nSPS) is 10.8. The van der Waals surface area contributed by atoms with Crippen LogP contribution in [0.2, 0.25) is 0 Å². The average Bonchev–Trinajstić information content (AvgIpc) is 2.67. The van der Waals surface area contributed by atoms with Crippen molar-refractivity contribution in [2.75, 3.05) is 6.54 Å². The second-order valence-corrected chi connectivity index (χ2v) is 7.69. The van der Waals surface area contributed by atoms with Crippen LogP contribution in [0.5, 0.6) is 0 Å². The first kappa shape index (κ1) is 20.9. The molecule has 0 bridgehead atoms. The van der Waals surface area contributed by atoms with Gasteiger partial charge in [-0.1, -0.05) is 35.5 Å². The molecule has 29 heavy (non-hydrogen) atoms. The van der Waals surface area contributed by atoms with E-state index in [0.717, 1.165) is 29.5 Å². The molecule has 1 aromatic heterocycles. The van der Waals surface area contributed by atoms with Crippen molar-refractivity contribution in [3.63, 3.8) is 0 Å². The highest BCUT2D eigenvalue weighted by Gasteiger charge is 2.18. The van der Waals surface area contributed by atoms with E-state index < -0.39 is 17.5 Å². The number of aromatic nitrogens is 3. The number of carbonyl (C=O) groups is 1. The van der Waals surface area contributed by atoms with Crippen molar-refractivity contribution in [3.8, 4) is 0 Å². The summed E-state index contributed by atoms with van der Waals surface area (Å²) >= 11 is 1.00. The Balaban J connectivity index is 1.72. The molecule has 0 aliphatic rings. The van der Waals surface area contributed by atoms with Gasteiger partial charge in [-0.2, -0.15) is 0 Å². The van der Waals surface area contributed by atoms with E-state index in [4.69, 9.17) is 0 Å². The fourth-order valence-corrected chi connectivity index (χ4v) is 3.62. The number of carbonyl (C=O) groups excluding carboxylic acids is 1. The van der Waals surface area contributed by atoms with E-state index in [1.165, 1.54) is 17.2 Å². The van der Waals surface area contributed by atoms with Gasteiger partial charge in [0.25, 0.3) is 5.91 Å². The van der Waals surface area contributed by atoms with Gasteiger partial charge in [0.1, 0.15) is 5.82 Å². The number of nitrogens with one attached hydrogen (secondary N) is 1. The van der Waals surface area contributed by atoms with Gasteiger partial charge in [0.2, 0.25) is 0 Å². The van der Waals surface area contributed by atoms with Gasteiger partial charge in [0, 0.05) is 11.4 Å². The SMILES string of the molecule is Cc1ccc(CCNC(=O)c2nc(C)nnc2Sc2ccc(F)c(F)c2)c(C)c1. The Morgan fingerprint density at radius 2 is 1.83 bits per heavy atom. The third-order valence-corrected chi connectivity index (χ3v) is 5.22. The highest BCUT2D eigenvalue weighted by Crippen LogP contribution is 2.28. The zero-order chi connectivity index (χ0) is 21.0. The summed E-state index contributed by atoms with van der Waals surface area (Å²) in [7, 11) is 0. The smallest absolute Gasteiger partial charge is 0.272 e. The Kier molecular flexibility index (Phi) is 6.53. The Hall–Kier alpha value is -2.87. The van der Waals surface area contributed by atoms with E-state index in [2.05, 4.69) is 32.6 Å². The lowest BCUT2D eigenvalue weighted by molar-refractivity contribution is 0.0944. The van der Waals surface area contributed by atoms with E-state index >= 15 is 0 Å². The molecule has 0 radical (unpaired) electrons. The third-order valence-electron chi connectivity index (χ3n) is 4.26. The Labute approximate surface area is 172 Å². The Morgan fingerprint density at radius 3 is 2.55 bits per heavy atom. The molecule has 1 amide bonds. The molecule has 3 aromatic rings. The van der Waals surface area contributed by atoms with E-state index in [9.17, 15) is 13.6 Å². The molecule has 0 aliphatic carbocycles. The summed E-state index contributed by atoms with van der Waals surface area (Å²) in [5, 5.41) is 11.0. The van der Waals surface area contributed by atoms with Crippen LogP contribution in [0.15, 0.2) is 46.3 Å². The van der Waals surface area contributed by atoms with Crippen molar-refractivity contribution in [1.29, 1.82) is 0 Å². The molecule has 5 nitrogen and oxygen atoms in total. The lowest BCUT2D eigenvalue weighted by Gasteiger charge is -2.10. The van der Waals surface area contributed by atoms with Crippen LogP contribution in [0, 0.1) is 32.4 Å². The van der Waals surface area contributed by atoms with E-state index in [1.807, 2.05) is 19.9 Å². The molecule has 0 aliphatic heterocycles. The standard InChI is InChI=1S/C21H20F2N4OS/c1-12-4-5-15(13(2)10-12)8-9-24-20(28)19-21(27-26-14(3)25-19)29-16-6-7-17(22)18(23)11-16/h4-7,10-11H,8-9H2,1-3H3,(H,24,28). The first-order valence-electron chi connectivity index (χ1n) is 9.02. The predicted molar refractivity (Wildman–Crippen MR) is 107 cm³/mol. The van der Waals surface area contributed by atoms with Gasteiger partial charge in [-0.3, -0.25) is 4.79 Å². The summed E-state index contributed by atoms with van der Waals surface area (Å²) in [5.74, 6) is -1.95. The minimum absolute atomic E-state index is 0.105. The topological polar surface area (TPSA) is 67.8 Å². The molecule has 3 rings (SSSR count). The van der Waals surface area contributed by atoms with Crippen molar-refractivity contribution in [1.82, 2.24) is 20.5 Å². The number of aryl methyl sites for hydroxylation is 3. The van der Waals surface area contributed by atoms with Gasteiger partial charge in [0.15, 0.2) is 22.4 Å². The van der Waals surface area contributed by atoms with Crippen molar-refractivity contribution >= 4 is 17.7 Å². The van der Waals surface area contributed by atoms with Crippen molar-refractivity contribution < 1.29 is 13.6 Å². The summed E-state index contributed by atoms with van der Waals surface area (Å²) in [6.45, 7) is 6.14. The van der Waals surface area contributed by atoms with Crippen LogP contribution < -0.4 is 5.32 Å². The number of halogens is 2.